The number of thioether (sulfide) groups is 1. The van der Waals surface area contributed by atoms with Crippen molar-refractivity contribution in [1.82, 2.24) is 9.55 Å². The molecule has 1 aromatic carbocycles. The zero-order chi connectivity index (χ0) is 14.0. The van der Waals surface area contributed by atoms with Crippen molar-refractivity contribution in [2.45, 2.75) is 26.3 Å². The van der Waals surface area contributed by atoms with E-state index in [4.69, 9.17) is 5.11 Å². The maximum atomic E-state index is 11.0. The molecule has 0 aliphatic carbocycles. The minimum absolute atomic E-state index is 0.289. The number of aromatic nitrogens is 2. The minimum Gasteiger partial charge on any atom is -0.478 e. The van der Waals surface area contributed by atoms with Crippen molar-refractivity contribution in [1.29, 1.82) is 0 Å². The van der Waals surface area contributed by atoms with E-state index in [0.29, 0.717) is 5.92 Å². The van der Waals surface area contributed by atoms with Crippen LogP contribution in [0, 0.1) is 0 Å². The van der Waals surface area contributed by atoms with Gasteiger partial charge in [-0.1, -0.05) is 13.8 Å². The van der Waals surface area contributed by atoms with E-state index in [9.17, 15) is 4.79 Å². The Labute approximate surface area is 116 Å². The van der Waals surface area contributed by atoms with Gasteiger partial charge in [-0.3, -0.25) is 0 Å². The molecule has 0 spiro atoms. The molecule has 0 unspecified atom stereocenters. The summed E-state index contributed by atoms with van der Waals surface area (Å²) < 4.78 is 2.20. The molecule has 2 rings (SSSR count). The van der Waals surface area contributed by atoms with Crippen molar-refractivity contribution in [3.8, 4) is 0 Å². The Morgan fingerprint density at radius 2 is 2.21 bits per heavy atom. The van der Waals surface area contributed by atoms with Gasteiger partial charge in [0.25, 0.3) is 0 Å². The number of carboxylic acid groups (broad SMARTS) is 1. The van der Waals surface area contributed by atoms with Crippen LogP contribution in [-0.2, 0) is 6.54 Å². The van der Waals surface area contributed by atoms with E-state index in [1.54, 1.807) is 23.9 Å². The molecule has 0 atom stereocenters. The largest absolute Gasteiger partial charge is 0.478 e. The van der Waals surface area contributed by atoms with Crippen molar-refractivity contribution in [2.75, 3.05) is 12.0 Å². The quantitative estimate of drug-likeness (QED) is 0.912. The number of hydrogen-bond acceptors (Lipinski definition) is 3. The highest BCUT2D eigenvalue weighted by Crippen LogP contribution is 2.23. The lowest BCUT2D eigenvalue weighted by Gasteiger charge is -2.10. The third-order valence-corrected chi connectivity index (χ3v) is 3.65. The predicted octanol–water partition coefficient (Wildman–Crippen LogP) is 3.22. The maximum absolute atomic E-state index is 11.0. The van der Waals surface area contributed by atoms with Crippen LogP contribution in [0.4, 0.5) is 0 Å². The molecule has 5 heteroatoms. The molecule has 0 amide bonds. The van der Waals surface area contributed by atoms with Crippen LogP contribution in [0.2, 0.25) is 0 Å². The molecule has 102 valence electrons. The Morgan fingerprint density at radius 1 is 1.47 bits per heavy atom. The van der Waals surface area contributed by atoms with E-state index in [0.717, 1.165) is 29.2 Å². The summed E-state index contributed by atoms with van der Waals surface area (Å²) in [6.45, 7) is 5.11. The van der Waals surface area contributed by atoms with Crippen LogP contribution in [-0.4, -0.2) is 32.6 Å². The molecule has 1 heterocycles. The molecule has 0 bridgehead atoms. The van der Waals surface area contributed by atoms with Crippen LogP contribution in [0.25, 0.3) is 11.0 Å². The van der Waals surface area contributed by atoms with E-state index < -0.39 is 5.97 Å². The van der Waals surface area contributed by atoms with Crippen LogP contribution in [0.5, 0.6) is 0 Å². The highest BCUT2D eigenvalue weighted by molar-refractivity contribution is 7.98. The van der Waals surface area contributed by atoms with Gasteiger partial charge in [-0.05, 0) is 24.5 Å². The van der Waals surface area contributed by atoms with Crippen LogP contribution in [0.15, 0.2) is 18.2 Å². The van der Waals surface area contributed by atoms with Crippen LogP contribution < -0.4 is 0 Å². The van der Waals surface area contributed by atoms with Gasteiger partial charge >= 0.3 is 5.97 Å². The fraction of sp³-hybridized carbons (Fsp3) is 0.429. The van der Waals surface area contributed by atoms with E-state index in [2.05, 4.69) is 29.7 Å². The summed E-state index contributed by atoms with van der Waals surface area (Å²) in [4.78, 5) is 15.6. The molecule has 1 aromatic heterocycles. The third-order valence-electron chi connectivity index (χ3n) is 3.06. The molecule has 0 radical (unpaired) electrons. The molecular weight excluding hydrogens is 260 g/mol. The molecule has 0 aliphatic rings. The lowest BCUT2D eigenvalue weighted by molar-refractivity contribution is 0.0697. The highest BCUT2D eigenvalue weighted by Gasteiger charge is 2.14. The zero-order valence-electron chi connectivity index (χ0n) is 11.4. The van der Waals surface area contributed by atoms with Crippen LogP contribution in [0.3, 0.4) is 0 Å². The van der Waals surface area contributed by atoms with Crippen molar-refractivity contribution in [3.05, 3.63) is 29.6 Å². The first kappa shape index (κ1) is 13.9. The normalized spacial score (nSPS) is 11.4. The number of fused-ring (bicyclic) bond motifs is 1. The standard InChI is InChI=1S/C14H18N2O2S/c1-9(2)13-15-11-8-10(14(17)18)4-5-12(11)16(13)6-7-19-3/h4-5,8-9H,6-7H2,1-3H3,(H,17,18). The summed E-state index contributed by atoms with van der Waals surface area (Å²) >= 11 is 1.79. The SMILES string of the molecule is CSCCn1c(C(C)C)nc2cc(C(=O)O)ccc21. The number of aromatic carboxylic acids is 1. The molecule has 2 aromatic rings. The summed E-state index contributed by atoms with van der Waals surface area (Å²) in [5.74, 6) is 1.45. The van der Waals surface area contributed by atoms with E-state index in [-0.39, 0.29) is 5.56 Å². The van der Waals surface area contributed by atoms with Gasteiger partial charge in [-0.2, -0.15) is 11.8 Å². The molecule has 4 nitrogen and oxygen atoms in total. The molecule has 0 aliphatic heterocycles. The number of rotatable bonds is 5. The summed E-state index contributed by atoms with van der Waals surface area (Å²) in [7, 11) is 0. The van der Waals surface area contributed by atoms with Gasteiger partial charge in [0.1, 0.15) is 5.82 Å². The topological polar surface area (TPSA) is 55.1 Å². The van der Waals surface area contributed by atoms with Gasteiger partial charge in [0.15, 0.2) is 0 Å². The van der Waals surface area contributed by atoms with E-state index in [1.165, 1.54) is 0 Å². The number of hydrogen-bond donors (Lipinski definition) is 1. The number of imidazole rings is 1. The molecule has 19 heavy (non-hydrogen) atoms. The average molecular weight is 278 g/mol. The van der Waals surface area contributed by atoms with E-state index in [1.807, 2.05) is 6.07 Å². The summed E-state index contributed by atoms with van der Waals surface area (Å²) in [6.07, 6.45) is 2.08. The second-order valence-corrected chi connectivity index (χ2v) is 5.76. The van der Waals surface area contributed by atoms with Gasteiger partial charge in [-0.15, -0.1) is 0 Å². The average Bonchev–Trinajstić information content (AvgIpc) is 2.74. The van der Waals surface area contributed by atoms with Gasteiger partial charge in [-0.25, -0.2) is 9.78 Å². The first-order valence-corrected chi connectivity index (χ1v) is 7.66. The monoisotopic (exact) mass is 278 g/mol. The second kappa shape index (κ2) is 5.65. The molecule has 0 saturated carbocycles. The van der Waals surface area contributed by atoms with Crippen molar-refractivity contribution in [2.24, 2.45) is 0 Å². The molecule has 1 N–H and O–H groups in total. The summed E-state index contributed by atoms with van der Waals surface area (Å²) in [5, 5.41) is 9.03. The highest BCUT2D eigenvalue weighted by atomic mass is 32.2. The Kier molecular flexibility index (Phi) is 4.14. The first-order valence-electron chi connectivity index (χ1n) is 6.27. The Balaban J connectivity index is 2.56. The van der Waals surface area contributed by atoms with Crippen molar-refractivity contribution in [3.63, 3.8) is 0 Å². The van der Waals surface area contributed by atoms with Gasteiger partial charge in [0, 0.05) is 18.2 Å². The number of benzene rings is 1. The zero-order valence-corrected chi connectivity index (χ0v) is 12.2. The van der Waals surface area contributed by atoms with Crippen molar-refractivity contribution >= 4 is 28.8 Å². The Hall–Kier alpha value is -1.49. The third kappa shape index (κ3) is 2.76. The number of carbonyl (C=O) groups is 1. The molecular formula is C14H18N2O2S. The maximum Gasteiger partial charge on any atom is 0.335 e. The summed E-state index contributed by atoms with van der Waals surface area (Å²) in [5.41, 5.74) is 2.07. The summed E-state index contributed by atoms with van der Waals surface area (Å²) in [6, 6.07) is 5.16. The van der Waals surface area contributed by atoms with Crippen LogP contribution in [0.1, 0.15) is 35.9 Å². The Morgan fingerprint density at radius 3 is 2.79 bits per heavy atom. The predicted molar refractivity (Wildman–Crippen MR) is 79.2 cm³/mol. The fourth-order valence-corrected chi connectivity index (χ4v) is 2.50. The molecule has 0 fully saturated rings. The van der Waals surface area contributed by atoms with Gasteiger partial charge < -0.3 is 9.67 Å². The first-order chi connectivity index (χ1) is 9.04. The second-order valence-electron chi connectivity index (χ2n) is 4.78. The van der Waals surface area contributed by atoms with Crippen LogP contribution >= 0.6 is 11.8 Å². The smallest absolute Gasteiger partial charge is 0.335 e. The van der Waals surface area contributed by atoms with Gasteiger partial charge in [0.2, 0.25) is 0 Å². The van der Waals surface area contributed by atoms with Crippen molar-refractivity contribution < 1.29 is 9.90 Å². The lowest BCUT2D eigenvalue weighted by atomic mass is 10.2. The van der Waals surface area contributed by atoms with E-state index >= 15 is 0 Å². The Bertz CT molecular complexity index is 605. The number of aryl methyl sites for hydroxylation is 1. The minimum atomic E-state index is -0.910. The fourth-order valence-electron chi connectivity index (χ4n) is 2.14. The lowest BCUT2D eigenvalue weighted by Crippen LogP contribution is -2.07. The number of carboxylic acids is 1. The number of nitrogens with zero attached hydrogens (tertiary/aromatic N) is 2. The van der Waals surface area contributed by atoms with Gasteiger partial charge in [0.05, 0.1) is 16.6 Å². The molecule has 0 saturated heterocycles.